The first-order chi connectivity index (χ1) is 16.6. The molecule has 3 heterocycles. The molecule has 1 aromatic heterocycles. The second-order valence-corrected chi connectivity index (χ2v) is 12.4. The number of likely N-dealkylation sites (tertiary alicyclic amines) is 2. The number of para-hydroxylation sites is 1. The van der Waals surface area contributed by atoms with Gasteiger partial charge in [0.05, 0.1) is 16.5 Å². The highest BCUT2D eigenvalue weighted by Crippen LogP contribution is 2.42. The Morgan fingerprint density at radius 3 is 2.43 bits per heavy atom. The number of sulfone groups is 1. The highest BCUT2D eigenvalue weighted by atomic mass is 35.5. The number of nitrogens with zero attached hydrogens (tertiary/aromatic N) is 2. The fourth-order valence-corrected chi connectivity index (χ4v) is 7.63. The van der Waals surface area contributed by atoms with E-state index in [1.165, 1.54) is 5.38 Å². The Kier molecular flexibility index (Phi) is 7.59. The van der Waals surface area contributed by atoms with Gasteiger partial charge in [-0.1, -0.05) is 29.8 Å². The predicted molar refractivity (Wildman–Crippen MR) is 138 cm³/mol. The number of piperidine rings is 1. The van der Waals surface area contributed by atoms with Crippen LogP contribution in [0.2, 0.25) is 5.02 Å². The lowest BCUT2D eigenvalue weighted by Crippen LogP contribution is -2.44. The summed E-state index contributed by atoms with van der Waals surface area (Å²) < 4.78 is 29.4. The van der Waals surface area contributed by atoms with Gasteiger partial charge in [0.25, 0.3) is 5.91 Å². The molecule has 188 valence electrons. The number of ether oxygens (including phenoxy) is 1. The summed E-state index contributed by atoms with van der Waals surface area (Å²) >= 11 is 7.31. The first kappa shape index (κ1) is 25.7. The van der Waals surface area contributed by atoms with Gasteiger partial charge in [0, 0.05) is 49.5 Å². The van der Waals surface area contributed by atoms with Crippen molar-refractivity contribution in [2.75, 3.05) is 39.0 Å². The third-order valence-electron chi connectivity index (χ3n) is 6.78. The summed E-state index contributed by atoms with van der Waals surface area (Å²) in [5, 5.41) is 1.45. The molecule has 2 aliphatic rings. The number of amides is 2. The molecule has 0 bridgehead atoms. The molecular weight excluding hydrogens is 508 g/mol. The Labute approximate surface area is 215 Å². The molecule has 7 nitrogen and oxygen atoms in total. The zero-order valence-corrected chi connectivity index (χ0v) is 22.2. The van der Waals surface area contributed by atoms with Crippen molar-refractivity contribution in [1.82, 2.24) is 9.80 Å². The minimum atomic E-state index is -3.48. The van der Waals surface area contributed by atoms with Gasteiger partial charge in [-0.05, 0) is 43.7 Å². The van der Waals surface area contributed by atoms with E-state index in [1.807, 2.05) is 36.1 Å². The van der Waals surface area contributed by atoms with Crippen LogP contribution in [0.5, 0.6) is 5.75 Å². The van der Waals surface area contributed by atoms with Crippen molar-refractivity contribution in [3.63, 3.8) is 0 Å². The van der Waals surface area contributed by atoms with Crippen molar-refractivity contribution in [2.45, 2.75) is 31.1 Å². The number of hydrogen-bond acceptors (Lipinski definition) is 6. The van der Waals surface area contributed by atoms with Crippen LogP contribution < -0.4 is 4.74 Å². The average molecular weight is 537 g/mol. The van der Waals surface area contributed by atoms with E-state index in [0.717, 1.165) is 48.2 Å². The lowest BCUT2D eigenvalue weighted by atomic mass is 9.78. The van der Waals surface area contributed by atoms with Gasteiger partial charge >= 0.3 is 0 Å². The van der Waals surface area contributed by atoms with Crippen LogP contribution in [-0.4, -0.2) is 69.1 Å². The molecule has 0 atom stereocenters. The molecule has 0 aliphatic carbocycles. The van der Waals surface area contributed by atoms with Gasteiger partial charge in [0.2, 0.25) is 5.91 Å². The number of hydrogen-bond donors (Lipinski definition) is 0. The lowest BCUT2D eigenvalue weighted by Gasteiger charge is -2.38. The molecule has 2 saturated heterocycles. The molecule has 2 amide bonds. The van der Waals surface area contributed by atoms with E-state index in [-0.39, 0.29) is 32.0 Å². The van der Waals surface area contributed by atoms with Gasteiger partial charge in [-0.3, -0.25) is 9.59 Å². The summed E-state index contributed by atoms with van der Waals surface area (Å²) in [5.74, 6) is 0.499. The molecule has 4 rings (SSSR count). The van der Waals surface area contributed by atoms with Gasteiger partial charge in [-0.25, -0.2) is 8.42 Å². The molecule has 35 heavy (non-hydrogen) atoms. The van der Waals surface area contributed by atoms with Crippen LogP contribution in [0, 0.1) is 5.41 Å². The maximum Gasteiger partial charge on any atom is 0.265 e. The number of halogens is 1. The van der Waals surface area contributed by atoms with E-state index >= 15 is 0 Å². The minimum Gasteiger partial charge on any atom is -0.493 e. The maximum atomic E-state index is 13.1. The second kappa shape index (κ2) is 10.3. The van der Waals surface area contributed by atoms with Crippen molar-refractivity contribution in [3.05, 3.63) is 51.2 Å². The quantitative estimate of drug-likeness (QED) is 0.512. The molecule has 1 aromatic carbocycles. The third kappa shape index (κ3) is 5.57. The predicted octanol–water partition coefficient (Wildman–Crippen LogP) is 4.37. The van der Waals surface area contributed by atoms with E-state index in [9.17, 15) is 18.0 Å². The van der Waals surface area contributed by atoms with Gasteiger partial charge < -0.3 is 14.5 Å². The summed E-state index contributed by atoms with van der Waals surface area (Å²) in [6, 6.07) is 7.62. The van der Waals surface area contributed by atoms with E-state index < -0.39 is 9.84 Å². The van der Waals surface area contributed by atoms with Gasteiger partial charge in [-0.2, -0.15) is 0 Å². The van der Waals surface area contributed by atoms with E-state index in [4.69, 9.17) is 16.3 Å². The van der Waals surface area contributed by atoms with Crippen molar-refractivity contribution in [2.24, 2.45) is 5.41 Å². The Morgan fingerprint density at radius 1 is 1.14 bits per heavy atom. The Morgan fingerprint density at radius 2 is 1.80 bits per heavy atom. The molecule has 1 spiro atoms. The van der Waals surface area contributed by atoms with Gasteiger partial charge in [0.15, 0.2) is 9.84 Å². The topological polar surface area (TPSA) is 84.0 Å². The van der Waals surface area contributed by atoms with Crippen LogP contribution in [0.15, 0.2) is 40.6 Å². The fourth-order valence-electron chi connectivity index (χ4n) is 4.76. The van der Waals surface area contributed by atoms with Crippen molar-refractivity contribution in [1.29, 1.82) is 0 Å². The smallest absolute Gasteiger partial charge is 0.265 e. The molecule has 0 radical (unpaired) electrons. The molecule has 2 fully saturated rings. The van der Waals surface area contributed by atoms with Crippen LogP contribution in [0.25, 0.3) is 6.08 Å². The first-order valence-electron chi connectivity index (χ1n) is 11.6. The molecule has 2 aliphatic heterocycles. The number of carbonyl (C=O) groups is 2. The Balaban J connectivity index is 1.35. The zero-order valence-electron chi connectivity index (χ0n) is 19.8. The van der Waals surface area contributed by atoms with E-state index in [0.29, 0.717) is 32.8 Å². The Bertz CT molecular complexity index is 1250. The van der Waals surface area contributed by atoms with Crippen LogP contribution in [0.3, 0.4) is 0 Å². The molecule has 2 aromatic rings. The normalized spacial score (nSPS) is 17.9. The SMILES string of the molecule is CCOc1ccccc1/C=C/C(=O)N1CCC2(CC1)CCN(C(=O)c1scc(S(C)(=O)=O)c1Cl)C2. The number of carbonyl (C=O) groups excluding carboxylic acids is 2. The van der Waals surface area contributed by atoms with Crippen LogP contribution in [0.1, 0.15) is 41.4 Å². The van der Waals surface area contributed by atoms with Gasteiger partial charge in [0.1, 0.15) is 10.6 Å². The summed E-state index contributed by atoms with van der Waals surface area (Å²) in [4.78, 5) is 29.8. The first-order valence-corrected chi connectivity index (χ1v) is 14.7. The summed E-state index contributed by atoms with van der Waals surface area (Å²) in [7, 11) is -3.48. The summed E-state index contributed by atoms with van der Waals surface area (Å²) in [6.07, 6.45) is 6.97. The minimum absolute atomic E-state index is 0.00480. The van der Waals surface area contributed by atoms with E-state index in [1.54, 1.807) is 17.1 Å². The molecule has 0 N–H and O–H groups in total. The van der Waals surface area contributed by atoms with E-state index in [2.05, 4.69) is 0 Å². The number of benzene rings is 1. The monoisotopic (exact) mass is 536 g/mol. The number of thiophene rings is 1. The van der Waals surface area contributed by atoms with Crippen LogP contribution in [-0.2, 0) is 14.6 Å². The van der Waals surface area contributed by atoms with Crippen molar-refractivity contribution in [3.8, 4) is 5.75 Å². The summed E-state index contributed by atoms with van der Waals surface area (Å²) in [6.45, 7) is 4.95. The lowest BCUT2D eigenvalue weighted by molar-refractivity contribution is -0.128. The standard InChI is InChI=1S/C25H29ClN2O5S2/c1-3-33-19-7-5-4-6-18(19)8-9-21(29)27-13-10-25(11-14-27)12-15-28(17-25)24(30)23-22(26)20(16-34-23)35(2,31)32/h4-9,16H,3,10-15,17H2,1-2H3/b9-8+. The fraction of sp³-hybridized carbons (Fsp3) is 0.440. The highest BCUT2D eigenvalue weighted by Gasteiger charge is 2.43. The van der Waals surface area contributed by atoms with Crippen molar-refractivity contribution < 1.29 is 22.7 Å². The second-order valence-electron chi connectivity index (χ2n) is 9.12. The molecule has 0 unspecified atom stereocenters. The number of rotatable bonds is 6. The Hall–Kier alpha value is -2.36. The maximum absolute atomic E-state index is 13.1. The molecule has 10 heteroatoms. The van der Waals surface area contributed by atoms with Crippen LogP contribution in [0.4, 0.5) is 0 Å². The average Bonchev–Trinajstić information content (AvgIpc) is 3.42. The zero-order chi connectivity index (χ0) is 25.2. The largest absolute Gasteiger partial charge is 0.493 e. The highest BCUT2D eigenvalue weighted by molar-refractivity contribution is 7.91. The van der Waals surface area contributed by atoms with Crippen molar-refractivity contribution >= 4 is 50.7 Å². The molecule has 0 saturated carbocycles. The third-order valence-corrected chi connectivity index (χ3v) is 9.63. The molecular formula is C25H29ClN2O5S2. The van der Waals surface area contributed by atoms with Crippen LogP contribution >= 0.6 is 22.9 Å². The summed E-state index contributed by atoms with van der Waals surface area (Å²) in [5.41, 5.74) is 0.841. The van der Waals surface area contributed by atoms with Gasteiger partial charge in [-0.15, -0.1) is 11.3 Å².